The monoisotopic (exact) mass is 185 g/mol. The minimum atomic E-state index is -0.318. The second-order valence-corrected chi connectivity index (χ2v) is 3.06. The third-order valence-corrected chi connectivity index (χ3v) is 2.03. The van der Waals surface area contributed by atoms with Gasteiger partial charge in [-0.25, -0.2) is 0 Å². The summed E-state index contributed by atoms with van der Waals surface area (Å²) in [5.41, 5.74) is 1.29. The predicted octanol–water partition coefficient (Wildman–Crippen LogP) is 1.10. The largest absolute Gasteiger partial charge is 0.286 e. The van der Waals surface area contributed by atoms with Gasteiger partial charge in [0, 0.05) is 0 Å². The molecule has 0 aliphatic heterocycles. The summed E-state index contributed by atoms with van der Waals surface area (Å²) in [5, 5.41) is 15.4. The van der Waals surface area contributed by atoms with Crippen LogP contribution in [-0.4, -0.2) is 10.2 Å². The van der Waals surface area contributed by atoms with Gasteiger partial charge in [-0.15, -0.1) is 0 Å². The number of hydrogen-bond donors (Lipinski definition) is 1. The summed E-state index contributed by atoms with van der Waals surface area (Å²) in [4.78, 5) is 11.6. The highest BCUT2D eigenvalue weighted by molar-refractivity contribution is 5.79. The maximum absolute atomic E-state index is 11.6. The Kier molecular flexibility index (Phi) is 1.79. The summed E-state index contributed by atoms with van der Waals surface area (Å²) in [7, 11) is 0. The molecule has 0 spiro atoms. The normalized spacial score (nSPS) is 10.0. The number of hydrogen-bond acceptors (Lipinski definition) is 3. The number of aryl methyl sites for hydroxylation is 1. The number of aromatic nitrogens is 2. The molecule has 0 fully saturated rings. The van der Waals surface area contributed by atoms with Gasteiger partial charge in [-0.05, 0) is 24.6 Å². The van der Waals surface area contributed by atoms with Crippen molar-refractivity contribution in [3.8, 4) is 6.07 Å². The molecule has 4 nitrogen and oxygen atoms in total. The molecule has 2 rings (SSSR count). The van der Waals surface area contributed by atoms with E-state index in [1.165, 1.54) is 0 Å². The molecule has 0 atom stereocenters. The van der Waals surface area contributed by atoms with Gasteiger partial charge < -0.3 is 0 Å². The van der Waals surface area contributed by atoms with Gasteiger partial charge in [0.25, 0.3) is 0 Å². The van der Waals surface area contributed by atoms with E-state index in [1.54, 1.807) is 12.1 Å². The lowest BCUT2D eigenvalue weighted by Gasteiger charge is -1.97. The molecule has 14 heavy (non-hydrogen) atoms. The topological polar surface area (TPSA) is 69.5 Å². The molecule has 0 radical (unpaired) electrons. The van der Waals surface area contributed by atoms with E-state index >= 15 is 0 Å². The maximum Gasteiger partial charge on any atom is 0.226 e. The zero-order chi connectivity index (χ0) is 10.1. The van der Waals surface area contributed by atoms with Gasteiger partial charge in [-0.2, -0.15) is 10.4 Å². The van der Waals surface area contributed by atoms with Gasteiger partial charge in [0.1, 0.15) is 6.07 Å². The standard InChI is InChI=1S/C10H7N3O/c1-6-2-3-7-8(4-6)12-13-9(5-11)10(7)14/h2-4H,1H3,(H,12,14). The van der Waals surface area contributed by atoms with Crippen LogP contribution in [0.2, 0.25) is 0 Å². The van der Waals surface area contributed by atoms with E-state index in [0.717, 1.165) is 5.56 Å². The van der Waals surface area contributed by atoms with Crippen molar-refractivity contribution in [1.29, 1.82) is 5.26 Å². The Balaban J connectivity index is 2.93. The minimum absolute atomic E-state index is 0.0960. The molecule has 0 saturated carbocycles. The minimum Gasteiger partial charge on any atom is -0.286 e. The molecule has 0 amide bonds. The van der Waals surface area contributed by atoms with Gasteiger partial charge in [-0.3, -0.25) is 9.89 Å². The first-order valence-electron chi connectivity index (χ1n) is 4.11. The van der Waals surface area contributed by atoms with Crippen LogP contribution in [0.15, 0.2) is 23.0 Å². The number of nitrogens with one attached hydrogen (secondary N) is 1. The third-order valence-electron chi connectivity index (χ3n) is 2.03. The Morgan fingerprint density at radius 2 is 2.29 bits per heavy atom. The number of fused-ring (bicyclic) bond motifs is 1. The molecule has 0 aliphatic rings. The molecule has 2 aromatic rings. The van der Waals surface area contributed by atoms with Crippen molar-refractivity contribution in [2.45, 2.75) is 6.92 Å². The summed E-state index contributed by atoms with van der Waals surface area (Å²) >= 11 is 0. The van der Waals surface area contributed by atoms with Crippen LogP contribution in [0.1, 0.15) is 11.3 Å². The number of H-pyrrole nitrogens is 1. The molecular weight excluding hydrogens is 178 g/mol. The first-order chi connectivity index (χ1) is 6.72. The molecule has 1 heterocycles. The van der Waals surface area contributed by atoms with Crippen molar-refractivity contribution in [3.63, 3.8) is 0 Å². The quantitative estimate of drug-likeness (QED) is 0.668. The van der Waals surface area contributed by atoms with Crippen molar-refractivity contribution < 1.29 is 0 Å². The van der Waals surface area contributed by atoms with Crippen LogP contribution in [0.4, 0.5) is 0 Å². The number of rotatable bonds is 0. The van der Waals surface area contributed by atoms with Gasteiger partial charge in [-0.1, -0.05) is 6.07 Å². The Labute approximate surface area is 79.8 Å². The molecule has 68 valence electrons. The van der Waals surface area contributed by atoms with Crippen LogP contribution in [0.25, 0.3) is 10.9 Å². The fourth-order valence-corrected chi connectivity index (χ4v) is 1.32. The van der Waals surface area contributed by atoms with Crippen LogP contribution < -0.4 is 5.43 Å². The molecule has 0 saturated heterocycles. The maximum atomic E-state index is 11.6. The fraction of sp³-hybridized carbons (Fsp3) is 0.100. The number of nitrogens with zero attached hydrogens (tertiary/aromatic N) is 2. The van der Waals surface area contributed by atoms with E-state index in [4.69, 9.17) is 5.26 Å². The summed E-state index contributed by atoms with van der Waals surface area (Å²) in [6, 6.07) is 7.10. The number of nitriles is 1. The first-order valence-corrected chi connectivity index (χ1v) is 4.11. The van der Waals surface area contributed by atoms with E-state index in [9.17, 15) is 4.79 Å². The fourth-order valence-electron chi connectivity index (χ4n) is 1.32. The van der Waals surface area contributed by atoms with E-state index in [2.05, 4.69) is 10.2 Å². The van der Waals surface area contributed by atoms with Crippen LogP contribution in [-0.2, 0) is 0 Å². The smallest absolute Gasteiger partial charge is 0.226 e. The van der Waals surface area contributed by atoms with Crippen molar-refractivity contribution >= 4 is 10.9 Å². The molecule has 0 bridgehead atoms. The van der Waals surface area contributed by atoms with Crippen molar-refractivity contribution in [1.82, 2.24) is 10.2 Å². The van der Waals surface area contributed by atoms with Crippen molar-refractivity contribution in [2.24, 2.45) is 0 Å². The van der Waals surface area contributed by atoms with Gasteiger partial charge >= 0.3 is 0 Å². The molecule has 1 aromatic carbocycles. The summed E-state index contributed by atoms with van der Waals surface area (Å²) in [5.74, 6) is 0. The summed E-state index contributed by atoms with van der Waals surface area (Å²) in [6.45, 7) is 1.93. The van der Waals surface area contributed by atoms with Crippen molar-refractivity contribution in [2.75, 3.05) is 0 Å². The van der Waals surface area contributed by atoms with Crippen LogP contribution >= 0.6 is 0 Å². The lowest BCUT2D eigenvalue weighted by atomic mass is 10.1. The van der Waals surface area contributed by atoms with E-state index in [1.807, 2.05) is 19.1 Å². The molecule has 4 heteroatoms. The molecule has 0 aliphatic carbocycles. The average Bonchev–Trinajstić information content (AvgIpc) is 2.18. The SMILES string of the molecule is Cc1ccc2c(=O)c(C#N)n[nH]c2c1. The molecule has 0 unspecified atom stereocenters. The third kappa shape index (κ3) is 1.15. The molecular formula is C10H7N3O. The summed E-state index contributed by atoms with van der Waals surface area (Å²) < 4.78 is 0. The average molecular weight is 185 g/mol. The van der Waals surface area contributed by atoms with Gasteiger partial charge in [0.2, 0.25) is 11.1 Å². The highest BCUT2D eigenvalue weighted by atomic mass is 16.1. The Bertz CT molecular complexity index is 592. The van der Waals surface area contributed by atoms with E-state index < -0.39 is 0 Å². The second kappa shape index (κ2) is 2.96. The van der Waals surface area contributed by atoms with Gasteiger partial charge in [0.05, 0.1) is 10.9 Å². The highest BCUT2D eigenvalue weighted by Gasteiger charge is 2.04. The van der Waals surface area contributed by atoms with E-state index in [-0.39, 0.29) is 11.1 Å². The highest BCUT2D eigenvalue weighted by Crippen LogP contribution is 2.08. The summed E-state index contributed by atoms with van der Waals surface area (Å²) in [6.07, 6.45) is 0. The Morgan fingerprint density at radius 1 is 1.50 bits per heavy atom. The molecule has 1 aromatic heterocycles. The lowest BCUT2D eigenvalue weighted by Crippen LogP contribution is -2.10. The number of aromatic amines is 1. The van der Waals surface area contributed by atoms with Gasteiger partial charge in [0.15, 0.2) is 0 Å². The Morgan fingerprint density at radius 3 is 3.00 bits per heavy atom. The van der Waals surface area contributed by atoms with Crippen molar-refractivity contribution in [3.05, 3.63) is 39.7 Å². The van der Waals surface area contributed by atoms with E-state index in [0.29, 0.717) is 10.9 Å². The number of benzene rings is 1. The predicted molar refractivity (Wildman–Crippen MR) is 51.8 cm³/mol. The second-order valence-electron chi connectivity index (χ2n) is 3.06. The zero-order valence-electron chi connectivity index (χ0n) is 7.53. The molecule has 1 N–H and O–H groups in total. The van der Waals surface area contributed by atoms with Crippen LogP contribution in [0, 0.1) is 18.3 Å². The van der Waals surface area contributed by atoms with Crippen LogP contribution in [0.5, 0.6) is 0 Å². The Hall–Kier alpha value is -2.15. The lowest BCUT2D eigenvalue weighted by molar-refractivity contribution is 1.04. The van der Waals surface area contributed by atoms with Crippen LogP contribution in [0.3, 0.4) is 0 Å². The zero-order valence-corrected chi connectivity index (χ0v) is 7.53. The first kappa shape index (κ1) is 8.45.